The second kappa shape index (κ2) is 10.4. The highest BCUT2D eigenvalue weighted by atomic mass is 35.5. The molecule has 0 unspecified atom stereocenters. The Hall–Kier alpha value is -2.38. The fourth-order valence-electron chi connectivity index (χ4n) is 2.65. The zero-order valence-corrected chi connectivity index (χ0v) is 18.1. The Bertz CT molecular complexity index is 942. The van der Waals surface area contributed by atoms with Gasteiger partial charge in [0.1, 0.15) is 0 Å². The molecule has 0 bridgehead atoms. The molecule has 2 aromatic carbocycles. The quantitative estimate of drug-likeness (QED) is 0.655. The molecule has 0 heterocycles. The third-order valence-corrected chi connectivity index (χ3v) is 6.42. The van der Waals surface area contributed by atoms with E-state index in [-0.39, 0.29) is 35.4 Å². The molecule has 0 aromatic heterocycles. The molecule has 156 valence electrons. The van der Waals surface area contributed by atoms with Crippen LogP contribution in [-0.2, 0) is 26.0 Å². The molecule has 2 aromatic rings. The van der Waals surface area contributed by atoms with E-state index < -0.39 is 9.84 Å². The Labute approximate surface area is 176 Å². The van der Waals surface area contributed by atoms with Gasteiger partial charge in [-0.25, -0.2) is 8.42 Å². The van der Waals surface area contributed by atoms with Gasteiger partial charge in [-0.3, -0.25) is 9.59 Å². The van der Waals surface area contributed by atoms with Crippen molar-refractivity contribution >= 4 is 33.3 Å². The van der Waals surface area contributed by atoms with Crippen LogP contribution in [0.15, 0.2) is 53.4 Å². The average Bonchev–Trinajstić information content (AvgIpc) is 2.70. The molecule has 0 aliphatic rings. The molecule has 0 radical (unpaired) electrons. The third kappa shape index (κ3) is 7.18. The molecule has 2 rings (SSSR count). The Morgan fingerprint density at radius 3 is 2.24 bits per heavy atom. The van der Waals surface area contributed by atoms with Crippen LogP contribution in [0.25, 0.3) is 0 Å². The molecule has 29 heavy (non-hydrogen) atoms. The summed E-state index contributed by atoms with van der Waals surface area (Å²) in [6.45, 7) is 4.14. The van der Waals surface area contributed by atoms with Crippen LogP contribution in [-0.4, -0.2) is 44.0 Å². The summed E-state index contributed by atoms with van der Waals surface area (Å²) in [6, 6.07) is 13.6. The number of nitrogens with one attached hydrogen (secondary N) is 1. The molecule has 0 aliphatic heterocycles. The Morgan fingerprint density at radius 1 is 1.03 bits per heavy atom. The Morgan fingerprint density at radius 2 is 1.66 bits per heavy atom. The normalized spacial score (nSPS) is 11.1. The van der Waals surface area contributed by atoms with Crippen molar-refractivity contribution in [3.63, 3.8) is 0 Å². The minimum absolute atomic E-state index is 0.118. The molecule has 0 saturated carbocycles. The Balaban J connectivity index is 1.86. The van der Waals surface area contributed by atoms with Gasteiger partial charge in [-0.15, -0.1) is 0 Å². The van der Waals surface area contributed by atoms with E-state index in [9.17, 15) is 18.0 Å². The summed E-state index contributed by atoms with van der Waals surface area (Å²) in [7, 11) is -3.55. The van der Waals surface area contributed by atoms with Crippen molar-refractivity contribution in [3.8, 4) is 0 Å². The summed E-state index contributed by atoms with van der Waals surface area (Å²) in [5, 5.41) is 3.36. The van der Waals surface area contributed by atoms with Crippen molar-refractivity contribution < 1.29 is 18.0 Å². The van der Waals surface area contributed by atoms with E-state index in [1.807, 2.05) is 6.92 Å². The van der Waals surface area contributed by atoms with Gasteiger partial charge in [0.15, 0.2) is 9.84 Å². The third-order valence-electron chi connectivity index (χ3n) is 4.44. The van der Waals surface area contributed by atoms with Crippen LogP contribution in [0.3, 0.4) is 0 Å². The Kier molecular flexibility index (Phi) is 8.22. The second-order valence-electron chi connectivity index (χ2n) is 6.69. The summed E-state index contributed by atoms with van der Waals surface area (Å²) < 4.78 is 24.8. The standard InChI is InChI=1S/C21H25ClN2O4S/c1-3-24(15-20(25)23-14-17-6-8-18(22)9-7-17)21(26)12-13-29(27,28)19-10-4-16(2)5-11-19/h4-11H,3,12-15H2,1-2H3,(H,23,25). The number of hydrogen-bond acceptors (Lipinski definition) is 4. The molecule has 0 aliphatic carbocycles. The first-order valence-electron chi connectivity index (χ1n) is 9.29. The largest absolute Gasteiger partial charge is 0.350 e. The number of carbonyl (C=O) groups is 2. The maximum atomic E-state index is 12.4. The molecule has 6 nitrogen and oxygen atoms in total. The van der Waals surface area contributed by atoms with Crippen LogP contribution in [0.1, 0.15) is 24.5 Å². The number of carbonyl (C=O) groups excluding carboxylic acids is 2. The van der Waals surface area contributed by atoms with Crippen LogP contribution < -0.4 is 5.32 Å². The lowest BCUT2D eigenvalue weighted by Crippen LogP contribution is -2.40. The lowest BCUT2D eigenvalue weighted by atomic mass is 10.2. The first-order chi connectivity index (χ1) is 13.7. The summed E-state index contributed by atoms with van der Waals surface area (Å²) in [6.07, 6.45) is -0.172. The van der Waals surface area contributed by atoms with Crippen molar-refractivity contribution in [3.05, 3.63) is 64.7 Å². The first-order valence-corrected chi connectivity index (χ1v) is 11.3. The topological polar surface area (TPSA) is 83.6 Å². The lowest BCUT2D eigenvalue weighted by molar-refractivity contribution is -0.135. The van der Waals surface area contributed by atoms with E-state index in [0.717, 1.165) is 11.1 Å². The van der Waals surface area contributed by atoms with Crippen LogP contribution in [0, 0.1) is 6.92 Å². The SMILES string of the molecule is CCN(CC(=O)NCc1ccc(Cl)cc1)C(=O)CCS(=O)(=O)c1ccc(C)cc1. The summed E-state index contributed by atoms with van der Waals surface area (Å²) >= 11 is 5.83. The van der Waals surface area contributed by atoms with Crippen molar-refractivity contribution in [2.45, 2.75) is 31.7 Å². The lowest BCUT2D eigenvalue weighted by Gasteiger charge is -2.20. The highest BCUT2D eigenvalue weighted by molar-refractivity contribution is 7.91. The predicted octanol–water partition coefficient (Wildman–Crippen LogP) is 2.98. The van der Waals surface area contributed by atoms with Gasteiger partial charge in [0.05, 0.1) is 17.2 Å². The smallest absolute Gasteiger partial charge is 0.239 e. The average molecular weight is 437 g/mol. The van der Waals surface area contributed by atoms with Crippen LogP contribution >= 0.6 is 11.6 Å². The molecule has 1 N–H and O–H groups in total. The van der Waals surface area contributed by atoms with Crippen LogP contribution in [0.4, 0.5) is 0 Å². The number of amides is 2. The van der Waals surface area contributed by atoms with Gasteiger partial charge in [-0.2, -0.15) is 0 Å². The van der Waals surface area contributed by atoms with Crippen molar-refractivity contribution in [1.29, 1.82) is 0 Å². The number of likely N-dealkylation sites (N-methyl/N-ethyl adjacent to an activating group) is 1. The number of aryl methyl sites for hydroxylation is 1. The minimum atomic E-state index is -3.55. The predicted molar refractivity (Wildman–Crippen MR) is 113 cm³/mol. The van der Waals surface area contributed by atoms with Crippen LogP contribution in [0.2, 0.25) is 5.02 Å². The van der Waals surface area contributed by atoms with Gasteiger partial charge >= 0.3 is 0 Å². The van der Waals surface area contributed by atoms with Crippen molar-refractivity contribution in [1.82, 2.24) is 10.2 Å². The van der Waals surface area contributed by atoms with Gasteiger partial charge < -0.3 is 10.2 Å². The van der Waals surface area contributed by atoms with Gasteiger partial charge in [-0.05, 0) is 43.7 Å². The van der Waals surface area contributed by atoms with Crippen molar-refractivity contribution in [2.75, 3.05) is 18.8 Å². The van der Waals surface area contributed by atoms with E-state index in [1.165, 1.54) is 17.0 Å². The van der Waals surface area contributed by atoms with Crippen molar-refractivity contribution in [2.24, 2.45) is 0 Å². The van der Waals surface area contributed by atoms with Gasteiger partial charge in [0.25, 0.3) is 0 Å². The van der Waals surface area contributed by atoms with Gasteiger partial charge in [-0.1, -0.05) is 41.4 Å². The van der Waals surface area contributed by atoms with E-state index in [0.29, 0.717) is 18.1 Å². The molecule has 2 amide bonds. The molecule has 0 saturated heterocycles. The molecule has 8 heteroatoms. The number of halogens is 1. The fraction of sp³-hybridized carbons (Fsp3) is 0.333. The number of nitrogens with zero attached hydrogens (tertiary/aromatic N) is 1. The van der Waals surface area contributed by atoms with Gasteiger partial charge in [0, 0.05) is 24.5 Å². The second-order valence-corrected chi connectivity index (χ2v) is 9.24. The van der Waals surface area contributed by atoms with E-state index >= 15 is 0 Å². The van der Waals surface area contributed by atoms with Gasteiger partial charge in [0.2, 0.25) is 11.8 Å². The number of rotatable bonds is 9. The number of benzene rings is 2. The maximum Gasteiger partial charge on any atom is 0.239 e. The summed E-state index contributed by atoms with van der Waals surface area (Å²) in [4.78, 5) is 26.1. The van der Waals surface area contributed by atoms with Crippen LogP contribution in [0.5, 0.6) is 0 Å². The first kappa shape index (κ1) is 22.9. The molecule has 0 spiro atoms. The highest BCUT2D eigenvalue weighted by Crippen LogP contribution is 2.14. The molecule has 0 atom stereocenters. The van der Waals surface area contributed by atoms with E-state index in [1.54, 1.807) is 43.3 Å². The zero-order chi connectivity index (χ0) is 21.4. The zero-order valence-electron chi connectivity index (χ0n) is 16.5. The maximum absolute atomic E-state index is 12.4. The molecule has 0 fully saturated rings. The monoisotopic (exact) mass is 436 g/mol. The highest BCUT2D eigenvalue weighted by Gasteiger charge is 2.20. The fourth-order valence-corrected chi connectivity index (χ4v) is 4.01. The van der Waals surface area contributed by atoms with E-state index in [4.69, 9.17) is 11.6 Å². The van der Waals surface area contributed by atoms with E-state index in [2.05, 4.69) is 5.32 Å². The summed E-state index contributed by atoms with van der Waals surface area (Å²) in [5.74, 6) is -0.973. The molecular formula is C21H25ClN2O4S. The molecular weight excluding hydrogens is 412 g/mol. The minimum Gasteiger partial charge on any atom is -0.350 e. The number of sulfone groups is 1. The number of hydrogen-bond donors (Lipinski definition) is 1. The summed E-state index contributed by atoms with van der Waals surface area (Å²) in [5.41, 5.74) is 1.85.